The van der Waals surface area contributed by atoms with Crippen molar-refractivity contribution in [2.24, 2.45) is 5.92 Å². The van der Waals surface area contributed by atoms with Crippen molar-refractivity contribution < 1.29 is 0 Å². The van der Waals surface area contributed by atoms with Gasteiger partial charge in [-0.05, 0) is 31.6 Å². The second-order valence-corrected chi connectivity index (χ2v) is 4.36. The molecule has 0 saturated heterocycles. The van der Waals surface area contributed by atoms with Crippen molar-refractivity contribution in [3.8, 4) is 0 Å². The van der Waals surface area contributed by atoms with E-state index >= 15 is 0 Å². The molecule has 84 valence electrons. The molecule has 0 aliphatic carbocycles. The Morgan fingerprint density at radius 1 is 1.00 bits per heavy atom. The molecule has 0 aliphatic heterocycles. The van der Waals surface area contributed by atoms with Crippen LogP contribution < -0.4 is 0 Å². The molecule has 0 aromatic rings. The highest BCUT2D eigenvalue weighted by Crippen LogP contribution is 2.24. The molecule has 0 radical (unpaired) electrons. The molecule has 0 nitrogen and oxygen atoms in total. The van der Waals surface area contributed by atoms with E-state index in [1.54, 1.807) is 0 Å². The maximum absolute atomic E-state index is 4.24. The lowest BCUT2D eigenvalue weighted by Crippen LogP contribution is -2.02. The monoisotopic (exact) mass is 196 g/mol. The van der Waals surface area contributed by atoms with E-state index in [0.29, 0.717) is 0 Å². The van der Waals surface area contributed by atoms with Crippen LogP contribution in [-0.4, -0.2) is 0 Å². The first kappa shape index (κ1) is 13.7. The van der Waals surface area contributed by atoms with E-state index in [0.717, 1.165) is 5.92 Å². The molecule has 0 saturated carbocycles. The fourth-order valence-corrected chi connectivity index (χ4v) is 1.95. The summed E-state index contributed by atoms with van der Waals surface area (Å²) in [6.07, 6.45) is 10.6. The fraction of sp³-hybridized carbons (Fsp3) is 0.857. The Morgan fingerprint density at radius 2 is 1.64 bits per heavy atom. The van der Waals surface area contributed by atoms with Crippen LogP contribution in [-0.2, 0) is 0 Å². The zero-order valence-corrected chi connectivity index (χ0v) is 10.4. The highest BCUT2D eigenvalue weighted by atomic mass is 14.1. The molecular weight excluding hydrogens is 168 g/mol. The zero-order valence-electron chi connectivity index (χ0n) is 10.4. The number of hydrogen-bond donors (Lipinski definition) is 0. The number of hydrogen-bond acceptors (Lipinski definition) is 0. The quantitative estimate of drug-likeness (QED) is 0.345. The van der Waals surface area contributed by atoms with Gasteiger partial charge < -0.3 is 0 Å². The van der Waals surface area contributed by atoms with Gasteiger partial charge in [0.05, 0.1) is 0 Å². The van der Waals surface area contributed by atoms with Gasteiger partial charge in [0, 0.05) is 0 Å². The highest BCUT2D eigenvalue weighted by Gasteiger charge is 2.09. The molecule has 0 heteroatoms. The van der Waals surface area contributed by atoms with E-state index in [9.17, 15) is 0 Å². The summed E-state index contributed by atoms with van der Waals surface area (Å²) in [5, 5.41) is 0. The third-order valence-electron chi connectivity index (χ3n) is 3.08. The third-order valence-corrected chi connectivity index (χ3v) is 3.08. The second kappa shape index (κ2) is 9.30. The molecule has 1 atom stereocenters. The molecule has 0 rings (SSSR count). The molecule has 0 aromatic heterocycles. The van der Waals surface area contributed by atoms with Crippen LogP contribution in [0, 0.1) is 5.92 Å². The van der Waals surface area contributed by atoms with Crippen LogP contribution in [0.3, 0.4) is 0 Å². The predicted molar refractivity (Wildman–Crippen MR) is 66.6 cm³/mol. The van der Waals surface area contributed by atoms with Gasteiger partial charge in [-0.1, -0.05) is 58.6 Å². The Bertz CT molecular complexity index is 135. The molecule has 0 aliphatic rings. The van der Waals surface area contributed by atoms with Gasteiger partial charge in [0.2, 0.25) is 0 Å². The molecule has 0 bridgehead atoms. The fourth-order valence-electron chi connectivity index (χ4n) is 1.95. The minimum absolute atomic E-state index is 0.799. The van der Waals surface area contributed by atoms with E-state index in [-0.39, 0.29) is 0 Å². The molecule has 0 N–H and O–H groups in total. The standard InChI is InChI=1S/C14H28/c1-5-8-10-12-14(7-3)13(4)11-9-6-2/h14H,4-12H2,1-3H3. The molecule has 0 spiro atoms. The van der Waals surface area contributed by atoms with E-state index in [1.165, 1.54) is 56.9 Å². The van der Waals surface area contributed by atoms with Crippen molar-refractivity contribution in [3.63, 3.8) is 0 Å². The number of rotatable bonds is 9. The number of unbranched alkanes of at least 4 members (excludes halogenated alkanes) is 3. The summed E-state index contributed by atoms with van der Waals surface area (Å²) in [6, 6.07) is 0. The average Bonchev–Trinajstić information content (AvgIpc) is 2.21. The lowest BCUT2D eigenvalue weighted by Gasteiger charge is -2.17. The van der Waals surface area contributed by atoms with Crippen LogP contribution in [0.25, 0.3) is 0 Å². The Hall–Kier alpha value is -0.260. The van der Waals surface area contributed by atoms with Crippen molar-refractivity contribution >= 4 is 0 Å². The molecule has 0 amide bonds. The van der Waals surface area contributed by atoms with Crippen molar-refractivity contribution in [1.29, 1.82) is 0 Å². The largest absolute Gasteiger partial charge is 0.0996 e. The summed E-state index contributed by atoms with van der Waals surface area (Å²) in [7, 11) is 0. The smallest absolute Gasteiger partial charge is 0.0209 e. The van der Waals surface area contributed by atoms with Crippen LogP contribution in [0.1, 0.15) is 72.1 Å². The Balaban J connectivity index is 3.69. The van der Waals surface area contributed by atoms with Crippen molar-refractivity contribution in [1.82, 2.24) is 0 Å². The minimum Gasteiger partial charge on any atom is -0.0996 e. The first-order valence-electron chi connectivity index (χ1n) is 6.43. The summed E-state index contributed by atoms with van der Waals surface area (Å²) in [4.78, 5) is 0. The van der Waals surface area contributed by atoms with Gasteiger partial charge in [0.25, 0.3) is 0 Å². The molecular formula is C14H28. The predicted octanol–water partition coefficient (Wildman–Crippen LogP) is 5.34. The van der Waals surface area contributed by atoms with E-state index in [2.05, 4.69) is 27.4 Å². The minimum atomic E-state index is 0.799. The molecule has 0 fully saturated rings. The normalized spacial score (nSPS) is 12.8. The Labute approximate surface area is 90.8 Å². The molecule has 0 heterocycles. The van der Waals surface area contributed by atoms with Crippen LogP contribution in [0.4, 0.5) is 0 Å². The van der Waals surface area contributed by atoms with Gasteiger partial charge >= 0.3 is 0 Å². The molecule has 14 heavy (non-hydrogen) atoms. The van der Waals surface area contributed by atoms with Crippen LogP contribution >= 0.6 is 0 Å². The number of allylic oxidation sites excluding steroid dienone is 1. The van der Waals surface area contributed by atoms with Crippen LogP contribution in [0.15, 0.2) is 12.2 Å². The van der Waals surface area contributed by atoms with Crippen LogP contribution in [0.2, 0.25) is 0 Å². The van der Waals surface area contributed by atoms with Crippen molar-refractivity contribution in [2.45, 2.75) is 72.1 Å². The van der Waals surface area contributed by atoms with Gasteiger partial charge in [-0.2, -0.15) is 0 Å². The SMILES string of the molecule is C=C(CCCC)C(CC)CCCCC. The maximum Gasteiger partial charge on any atom is -0.0209 e. The second-order valence-electron chi connectivity index (χ2n) is 4.36. The first-order chi connectivity index (χ1) is 6.76. The maximum atomic E-state index is 4.24. The molecule has 0 aromatic carbocycles. The summed E-state index contributed by atoms with van der Waals surface area (Å²) < 4.78 is 0. The molecule has 1 unspecified atom stereocenters. The van der Waals surface area contributed by atoms with Gasteiger partial charge in [0.15, 0.2) is 0 Å². The topological polar surface area (TPSA) is 0 Å². The Kier molecular flexibility index (Phi) is 9.13. The van der Waals surface area contributed by atoms with E-state index in [1.807, 2.05) is 0 Å². The Morgan fingerprint density at radius 3 is 2.14 bits per heavy atom. The zero-order chi connectivity index (χ0) is 10.8. The first-order valence-corrected chi connectivity index (χ1v) is 6.43. The average molecular weight is 196 g/mol. The summed E-state index contributed by atoms with van der Waals surface area (Å²) in [6.45, 7) is 11.1. The summed E-state index contributed by atoms with van der Waals surface area (Å²) in [5.41, 5.74) is 1.51. The van der Waals surface area contributed by atoms with Crippen molar-refractivity contribution in [3.05, 3.63) is 12.2 Å². The van der Waals surface area contributed by atoms with Gasteiger partial charge in [-0.3, -0.25) is 0 Å². The van der Waals surface area contributed by atoms with Crippen molar-refractivity contribution in [2.75, 3.05) is 0 Å². The van der Waals surface area contributed by atoms with E-state index in [4.69, 9.17) is 0 Å². The summed E-state index contributed by atoms with van der Waals surface area (Å²) >= 11 is 0. The van der Waals surface area contributed by atoms with Gasteiger partial charge in [-0.15, -0.1) is 0 Å². The lowest BCUT2D eigenvalue weighted by molar-refractivity contribution is 0.487. The van der Waals surface area contributed by atoms with Crippen LogP contribution in [0.5, 0.6) is 0 Å². The van der Waals surface area contributed by atoms with Gasteiger partial charge in [-0.25, -0.2) is 0 Å². The highest BCUT2D eigenvalue weighted by molar-refractivity contribution is 4.99. The summed E-state index contributed by atoms with van der Waals surface area (Å²) in [5.74, 6) is 0.799. The van der Waals surface area contributed by atoms with Gasteiger partial charge in [0.1, 0.15) is 0 Å². The van der Waals surface area contributed by atoms with E-state index < -0.39 is 0 Å². The third kappa shape index (κ3) is 6.23. The lowest BCUT2D eigenvalue weighted by atomic mass is 9.89.